The fourth-order valence-electron chi connectivity index (χ4n) is 2.33. The first-order valence-corrected chi connectivity index (χ1v) is 8.43. The molecule has 114 valence electrons. The van der Waals surface area contributed by atoms with Crippen LogP contribution in [0, 0.1) is 6.92 Å². The number of halogens is 1. The van der Waals surface area contributed by atoms with Crippen LogP contribution in [-0.4, -0.2) is 13.1 Å². The molecule has 0 aliphatic rings. The van der Waals surface area contributed by atoms with Gasteiger partial charge in [-0.3, -0.25) is 0 Å². The summed E-state index contributed by atoms with van der Waals surface area (Å²) in [4.78, 5) is 3.56. The molecule has 0 fully saturated rings. The summed E-state index contributed by atoms with van der Waals surface area (Å²) in [6, 6.07) is 11.2. The third-order valence-corrected chi connectivity index (χ3v) is 4.62. The Balaban J connectivity index is 2.05. The summed E-state index contributed by atoms with van der Waals surface area (Å²) in [6.07, 6.45) is 0. The van der Waals surface area contributed by atoms with Crippen molar-refractivity contribution in [3.8, 4) is 0 Å². The van der Waals surface area contributed by atoms with Gasteiger partial charge < -0.3 is 10.2 Å². The van der Waals surface area contributed by atoms with Crippen molar-refractivity contribution in [2.24, 2.45) is 0 Å². The zero-order chi connectivity index (χ0) is 15.4. The van der Waals surface area contributed by atoms with Gasteiger partial charge in [-0.1, -0.05) is 37.6 Å². The van der Waals surface area contributed by atoms with E-state index in [0.717, 1.165) is 17.4 Å². The van der Waals surface area contributed by atoms with Crippen LogP contribution < -0.4 is 10.2 Å². The van der Waals surface area contributed by atoms with Gasteiger partial charge in [0.15, 0.2) is 0 Å². The molecular weight excluding hydrogens is 300 g/mol. The van der Waals surface area contributed by atoms with Crippen molar-refractivity contribution in [1.82, 2.24) is 5.32 Å². The van der Waals surface area contributed by atoms with Crippen LogP contribution in [0.1, 0.15) is 29.9 Å². The van der Waals surface area contributed by atoms with Crippen molar-refractivity contribution in [2.75, 3.05) is 11.9 Å². The summed E-state index contributed by atoms with van der Waals surface area (Å²) in [5, 5.41) is 3.45. The Kier molecular flexibility index (Phi) is 5.68. The molecular formula is C17H23ClN2S. The van der Waals surface area contributed by atoms with Crippen LogP contribution >= 0.6 is 22.9 Å². The Morgan fingerprint density at radius 2 is 2.00 bits per heavy atom. The molecule has 0 bridgehead atoms. The molecule has 2 nitrogen and oxygen atoms in total. The molecule has 1 aromatic carbocycles. The van der Waals surface area contributed by atoms with E-state index in [0.29, 0.717) is 6.04 Å². The van der Waals surface area contributed by atoms with Crippen molar-refractivity contribution < 1.29 is 0 Å². The molecule has 0 radical (unpaired) electrons. The minimum absolute atomic E-state index is 0.510. The second-order valence-electron chi connectivity index (χ2n) is 5.72. The molecule has 0 unspecified atom stereocenters. The number of benzene rings is 1. The molecule has 1 aromatic heterocycles. The predicted molar refractivity (Wildman–Crippen MR) is 94.6 cm³/mol. The first-order valence-electron chi connectivity index (χ1n) is 7.24. The van der Waals surface area contributed by atoms with Gasteiger partial charge in [0.05, 0.1) is 10.9 Å². The number of aryl methyl sites for hydroxylation is 1. The summed E-state index contributed by atoms with van der Waals surface area (Å²) in [6.45, 7) is 8.32. The maximum atomic E-state index is 6.00. The molecule has 4 heteroatoms. The van der Waals surface area contributed by atoms with E-state index < -0.39 is 0 Å². The summed E-state index contributed by atoms with van der Waals surface area (Å²) >= 11 is 7.64. The van der Waals surface area contributed by atoms with Gasteiger partial charge in [-0.05, 0) is 36.2 Å². The van der Waals surface area contributed by atoms with E-state index in [1.165, 1.54) is 21.7 Å². The second-order valence-corrected chi connectivity index (χ2v) is 7.52. The lowest BCUT2D eigenvalue weighted by Crippen LogP contribution is -2.22. The van der Waals surface area contributed by atoms with Crippen LogP contribution in [0.25, 0.3) is 0 Å². The number of nitrogens with zero attached hydrogens (tertiary/aromatic N) is 1. The van der Waals surface area contributed by atoms with Crippen LogP contribution in [0.5, 0.6) is 0 Å². The maximum Gasteiger partial charge on any atom is 0.0931 e. The van der Waals surface area contributed by atoms with Crippen molar-refractivity contribution in [3.05, 3.63) is 50.7 Å². The maximum absolute atomic E-state index is 6.00. The number of anilines is 1. The van der Waals surface area contributed by atoms with Gasteiger partial charge in [-0.2, -0.15) is 0 Å². The average Bonchev–Trinajstić information content (AvgIpc) is 2.81. The zero-order valence-corrected chi connectivity index (χ0v) is 14.7. The summed E-state index contributed by atoms with van der Waals surface area (Å²) < 4.78 is 0.852. The Morgan fingerprint density at radius 1 is 1.24 bits per heavy atom. The van der Waals surface area contributed by atoms with Crippen LogP contribution in [0.4, 0.5) is 5.69 Å². The second kappa shape index (κ2) is 7.30. The van der Waals surface area contributed by atoms with Gasteiger partial charge in [0.2, 0.25) is 0 Å². The molecule has 0 atom stereocenters. The quantitative estimate of drug-likeness (QED) is 0.818. The first-order chi connectivity index (χ1) is 9.95. The third-order valence-electron chi connectivity index (χ3n) is 3.41. The van der Waals surface area contributed by atoms with Crippen LogP contribution in [-0.2, 0) is 13.1 Å². The fourth-order valence-corrected chi connectivity index (χ4v) is 3.47. The van der Waals surface area contributed by atoms with Crippen molar-refractivity contribution in [3.63, 3.8) is 0 Å². The van der Waals surface area contributed by atoms with Gasteiger partial charge >= 0.3 is 0 Å². The normalized spacial score (nSPS) is 11.1. The Morgan fingerprint density at radius 3 is 2.57 bits per heavy atom. The summed E-state index contributed by atoms with van der Waals surface area (Å²) in [7, 11) is 2.13. The Bertz CT molecular complexity index is 592. The number of hydrogen-bond acceptors (Lipinski definition) is 3. The van der Waals surface area contributed by atoms with Crippen LogP contribution in [0.2, 0.25) is 4.34 Å². The lowest BCUT2D eigenvalue weighted by atomic mass is 10.1. The molecule has 0 spiro atoms. The smallest absolute Gasteiger partial charge is 0.0931 e. The molecule has 0 aliphatic heterocycles. The number of rotatable bonds is 6. The lowest BCUT2D eigenvalue weighted by Gasteiger charge is -2.21. The summed E-state index contributed by atoms with van der Waals surface area (Å²) in [5.41, 5.74) is 3.91. The van der Waals surface area contributed by atoms with Crippen molar-refractivity contribution in [1.29, 1.82) is 0 Å². The highest BCUT2D eigenvalue weighted by Gasteiger charge is 2.08. The van der Waals surface area contributed by atoms with E-state index >= 15 is 0 Å². The largest absolute Gasteiger partial charge is 0.369 e. The molecule has 0 saturated heterocycles. The molecule has 1 N–H and O–H groups in total. The number of hydrogen-bond donors (Lipinski definition) is 1. The van der Waals surface area contributed by atoms with E-state index in [2.05, 4.69) is 62.3 Å². The van der Waals surface area contributed by atoms with Crippen molar-refractivity contribution >= 4 is 28.6 Å². The van der Waals surface area contributed by atoms with Crippen molar-refractivity contribution in [2.45, 2.75) is 39.9 Å². The first kappa shape index (κ1) is 16.3. The average molecular weight is 323 g/mol. The van der Waals surface area contributed by atoms with Crippen LogP contribution in [0.3, 0.4) is 0 Å². The van der Waals surface area contributed by atoms with E-state index in [1.807, 2.05) is 6.07 Å². The zero-order valence-electron chi connectivity index (χ0n) is 13.1. The molecule has 1 heterocycles. The van der Waals surface area contributed by atoms with Gasteiger partial charge in [0, 0.05) is 30.2 Å². The third kappa shape index (κ3) is 4.73. The highest BCUT2D eigenvalue weighted by molar-refractivity contribution is 7.16. The highest BCUT2D eigenvalue weighted by Crippen LogP contribution is 2.26. The SMILES string of the molecule is Cc1cc(CNC(C)C)ccc1N(C)Cc1ccc(Cl)s1. The van der Waals surface area contributed by atoms with E-state index in [4.69, 9.17) is 11.6 Å². The monoisotopic (exact) mass is 322 g/mol. The molecule has 21 heavy (non-hydrogen) atoms. The molecule has 2 rings (SSSR count). The van der Waals surface area contributed by atoms with Gasteiger partial charge in [-0.15, -0.1) is 11.3 Å². The van der Waals surface area contributed by atoms with Gasteiger partial charge in [0.25, 0.3) is 0 Å². The molecule has 0 amide bonds. The van der Waals surface area contributed by atoms with Gasteiger partial charge in [0.1, 0.15) is 0 Å². The van der Waals surface area contributed by atoms with Gasteiger partial charge in [-0.25, -0.2) is 0 Å². The fraction of sp³-hybridized carbons (Fsp3) is 0.412. The minimum atomic E-state index is 0.510. The lowest BCUT2D eigenvalue weighted by molar-refractivity contribution is 0.588. The van der Waals surface area contributed by atoms with Crippen LogP contribution in [0.15, 0.2) is 30.3 Å². The summed E-state index contributed by atoms with van der Waals surface area (Å²) in [5.74, 6) is 0. The Hall–Kier alpha value is -1.03. The predicted octanol–water partition coefficient (Wildman–Crippen LogP) is 4.84. The molecule has 2 aromatic rings. The van der Waals surface area contributed by atoms with E-state index in [9.17, 15) is 0 Å². The standard InChI is InChI=1S/C17H23ClN2S/c1-12(2)19-10-14-5-7-16(13(3)9-14)20(4)11-15-6-8-17(18)21-15/h5-9,12,19H,10-11H2,1-4H3. The minimum Gasteiger partial charge on any atom is -0.369 e. The van der Waals surface area contributed by atoms with E-state index in [-0.39, 0.29) is 0 Å². The number of nitrogens with one attached hydrogen (secondary N) is 1. The topological polar surface area (TPSA) is 15.3 Å². The number of thiophene rings is 1. The Labute approximate surface area is 136 Å². The highest BCUT2D eigenvalue weighted by atomic mass is 35.5. The van der Waals surface area contributed by atoms with E-state index in [1.54, 1.807) is 11.3 Å². The molecule has 0 aliphatic carbocycles. The molecule has 0 saturated carbocycles.